The van der Waals surface area contributed by atoms with Crippen molar-refractivity contribution in [1.82, 2.24) is 4.31 Å². The van der Waals surface area contributed by atoms with Crippen LogP contribution in [0.1, 0.15) is 30.4 Å². The van der Waals surface area contributed by atoms with Crippen LogP contribution in [0.15, 0.2) is 51.1 Å². The Morgan fingerprint density at radius 2 is 1.70 bits per heavy atom. The Balaban J connectivity index is 1.95. The van der Waals surface area contributed by atoms with Crippen molar-refractivity contribution in [3.63, 3.8) is 0 Å². The Bertz CT molecular complexity index is 968. The van der Waals surface area contributed by atoms with Crippen LogP contribution in [0.25, 0.3) is 0 Å². The molecule has 27 heavy (non-hydrogen) atoms. The number of piperidine rings is 1. The summed E-state index contributed by atoms with van der Waals surface area (Å²) < 4.78 is 27.0. The maximum Gasteiger partial charge on any atom is 0.284 e. The zero-order valence-corrected chi connectivity index (χ0v) is 17.0. The second-order valence-electron chi connectivity index (χ2n) is 6.70. The minimum atomic E-state index is -3.70. The number of hydrogen-bond acceptors (Lipinski definition) is 5. The maximum atomic E-state index is 12.8. The number of nitro groups is 1. The first-order valence-electron chi connectivity index (χ1n) is 8.83. The molecule has 6 nitrogen and oxygen atoms in total. The molecule has 0 atom stereocenters. The van der Waals surface area contributed by atoms with Crippen molar-refractivity contribution in [2.45, 2.75) is 47.8 Å². The molecule has 3 rings (SSSR count). The topological polar surface area (TPSA) is 80.5 Å². The molecule has 0 unspecified atom stereocenters. The van der Waals surface area contributed by atoms with Crippen LogP contribution in [0, 0.1) is 24.0 Å². The van der Waals surface area contributed by atoms with E-state index in [1.165, 1.54) is 34.3 Å². The molecule has 0 N–H and O–H groups in total. The zero-order chi connectivity index (χ0) is 19.6. The Morgan fingerprint density at radius 1 is 1.00 bits per heavy atom. The van der Waals surface area contributed by atoms with Crippen LogP contribution in [0.2, 0.25) is 0 Å². The van der Waals surface area contributed by atoms with Crippen LogP contribution < -0.4 is 0 Å². The normalized spacial score (nSPS) is 15.6. The van der Waals surface area contributed by atoms with E-state index >= 15 is 0 Å². The van der Waals surface area contributed by atoms with Gasteiger partial charge in [-0.05, 0) is 62.1 Å². The molecule has 0 saturated carbocycles. The molecule has 1 heterocycles. The average Bonchev–Trinajstić information content (AvgIpc) is 2.65. The van der Waals surface area contributed by atoms with E-state index in [9.17, 15) is 18.5 Å². The average molecular weight is 407 g/mol. The van der Waals surface area contributed by atoms with Crippen LogP contribution in [-0.4, -0.2) is 30.7 Å². The van der Waals surface area contributed by atoms with Crippen molar-refractivity contribution in [2.75, 3.05) is 13.1 Å². The molecular formula is C19H22N2O4S2. The fourth-order valence-electron chi connectivity index (χ4n) is 3.05. The summed E-state index contributed by atoms with van der Waals surface area (Å²) in [4.78, 5) is 12.4. The molecule has 2 aromatic carbocycles. The molecule has 2 aromatic rings. The molecule has 0 radical (unpaired) electrons. The highest BCUT2D eigenvalue weighted by atomic mass is 32.2. The summed E-state index contributed by atoms with van der Waals surface area (Å²) in [7, 11) is -3.70. The highest BCUT2D eigenvalue weighted by Gasteiger charge is 2.28. The standard InChI is InChI=1S/C19H22N2O4S2/c1-14-6-7-16(12-15(14)2)26-19-9-8-17(13-18(19)21(22)23)27(24,25)20-10-4-3-5-11-20/h6-9,12-13H,3-5,10-11H2,1-2H3. The van der Waals surface area contributed by atoms with E-state index in [0.29, 0.717) is 18.0 Å². The van der Waals surface area contributed by atoms with Gasteiger partial charge in [0.1, 0.15) is 0 Å². The SMILES string of the molecule is Cc1ccc(Sc2ccc(S(=O)(=O)N3CCCCC3)cc2[N+](=O)[O-])cc1C. The third-order valence-corrected chi connectivity index (χ3v) is 7.74. The first kappa shape index (κ1) is 19.9. The van der Waals surface area contributed by atoms with Crippen LogP contribution >= 0.6 is 11.8 Å². The molecule has 144 valence electrons. The number of benzene rings is 2. The molecule has 1 aliphatic heterocycles. The Hall–Kier alpha value is -1.90. The van der Waals surface area contributed by atoms with Crippen molar-refractivity contribution < 1.29 is 13.3 Å². The van der Waals surface area contributed by atoms with Gasteiger partial charge in [-0.1, -0.05) is 24.2 Å². The molecule has 0 amide bonds. The van der Waals surface area contributed by atoms with E-state index in [1.807, 2.05) is 32.0 Å². The van der Waals surface area contributed by atoms with Gasteiger partial charge in [-0.3, -0.25) is 10.1 Å². The highest BCUT2D eigenvalue weighted by Crippen LogP contribution is 2.37. The van der Waals surface area contributed by atoms with Crippen LogP contribution in [0.5, 0.6) is 0 Å². The van der Waals surface area contributed by atoms with Gasteiger partial charge in [-0.25, -0.2) is 8.42 Å². The lowest BCUT2D eigenvalue weighted by Crippen LogP contribution is -2.35. The monoisotopic (exact) mass is 406 g/mol. The third-order valence-electron chi connectivity index (χ3n) is 4.79. The third kappa shape index (κ3) is 4.34. The summed E-state index contributed by atoms with van der Waals surface area (Å²) >= 11 is 1.27. The molecule has 0 aliphatic carbocycles. The van der Waals surface area contributed by atoms with Gasteiger partial charge >= 0.3 is 0 Å². The maximum absolute atomic E-state index is 12.8. The van der Waals surface area contributed by atoms with Gasteiger partial charge in [-0.15, -0.1) is 0 Å². The van der Waals surface area contributed by atoms with Gasteiger partial charge in [0.2, 0.25) is 10.0 Å². The summed E-state index contributed by atoms with van der Waals surface area (Å²) in [6.45, 7) is 4.93. The van der Waals surface area contributed by atoms with Gasteiger partial charge in [-0.2, -0.15) is 4.31 Å². The van der Waals surface area contributed by atoms with E-state index in [4.69, 9.17) is 0 Å². The second kappa shape index (κ2) is 8.00. The number of nitro benzene ring substituents is 1. The van der Waals surface area contributed by atoms with Gasteiger partial charge in [0, 0.05) is 24.1 Å². The summed E-state index contributed by atoms with van der Waals surface area (Å²) in [6, 6.07) is 10.1. The zero-order valence-electron chi connectivity index (χ0n) is 15.3. The van der Waals surface area contributed by atoms with Crippen molar-refractivity contribution in [3.05, 3.63) is 57.6 Å². The van der Waals surface area contributed by atoms with E-state index in [2.05, 4.69) is 0 Å². The Labute approximate surface area is 163 Å². The molecule has 1 fully saturated rings. The molecule has 0 aromatic heterocycles. The predicted octanol–water partition coefficient (Wildman–Crippen LogP) is 4.54. The highest BCUT2D eigenvalue weighted by molar-refractivity contribution is 7.99. The number of nitrogens with zero attached hydrogens (tertiary/aromatic N) is 2. The molecule has 1 aliphatic rings. The Morgan fingerprint density at radius 3 is 2.33 bits per heavy atom. The lowest BCUT2D eigenvalue weighted by atomic mass is 10.1. The van der Waals surface area contributed by atoms with Crippen molar-refractivity contribution in [1.29, 1.82) is 0 Å². The Kier molecular flexibility index (Phi) is 5.88. The number of rotatable bonds is 5. The number of sulfonamides is 1. The fourth-order valence-corrected chi connectivity index (χ4v) is 5.58. The lowest BCUT2D eigenvalue weighted by molar-refractivity contribution is -0.388. The lowest BCUT2D eigenvalue weighted by Gasteiger charge is -2.25. The second-order valence-corrected chi connectivity index (χ2v) is 9.75. The van der Waals surface area contributed by atoms with Crippen molar-refractivity contribution in [3.8, 4) is 0 Å². The smallest absolute Gasteiger partial charge is 0.258 e. The first-order valence-corrected chi connectivity index (χ1v) is 11.1. The quantitative estimate of drug-likeness (QED) is 0.538. The van der Waals surface area contributed by atoms with E-state index in [1.54, 1.807) is 0 Å². The minimum Gasteiger partial charge on any atom is -0.258 e. The first-order chi connectivity index (χ1) is 12.8. The predicted molar refractivity (Wildman–Crippen MR) is 106 cm³/mol. The van der Waals surface area contributed by atoms with Crippen molar-refractivity contribution in [2.24, 2.45) is 0 Å². The molecule has 0 bridgehead atoms. The molecule has 0 spiro atoms. The number of aryl methyl sites for hydroxylation is 2. The van der Waals surface area contributed by atoms with Crippen LogP contribution in [0.4, 0.5) is 5.69 Å². The number of hydrogen-bond donors (Lipinski definition) is 0. The summed E-state index contributed by atoms with van der Waals surface area (Å²) in [5, 5.41) is 11.6. The van der Waals surface area contributed by atoms with E-state index < -0.39 is 14.9 Å². The summed E-state index contributed by atoms with van der Waals surface area (Å²) in [5.41, 5.74) is 2.07. The van der Waals surface area contributed by atoms with E-state index in [0.717, 1.165) is 35.3 Å². The van der Waals surface area contributed by atoms with E-state index in [-0.39, 0.29) is 10.6 Å². The molecule has 8 heteroatoms. The largest absolute Gasteiger partial charge is 0.284 e. The van der Waals surface area contributed by atoms with Gasteiger partial charge < -0.3 is 0 Å². The summed E-state index contributed by atoms with van der Waals surface area (Å²) in [6.07, 6.45) is 2.65. The minimum absolute atomic E-state index is 0.0134. The molecule has 1 saturated heterocycles. The fraction of sp³-hybridized carbons (Fsp3) is 0.368. The van der Waals surface area contributed by atoms with Crippen LogP contribution in [0.3, 0.4) is 0 Å². The van der Waals surface area contributed by atoms with Gasteiger partial charge in [0.15, 0.2) is 0 Å². The van der Waals surface area contributed by atoms with Crippen LogP contribution in [-0.2, 0) is 10.0 Å². The van der Waals surface area contributed by atoms with Gasteiger partial charge in [0.05, 0.1) is 14.7 Å². The molecular weight excluding hydrogens is 384 g/mol. The van der Waals surface area contributed by atoms with Gasteiger partial charge in [0.25, 0.3) is 5.69 Å². The van der Waals surface area contributed by atoms with Crippen molar-refractivity contribution >= 4 is 27.5 Å². The summed E-state index contributed by atoms with van der Waals surface area (Å²) in [5.74, 6) is 0.